The third-order valence-corrected chi connectivity index (χ3v) is 2.11. The molecule has 0 aliphatic heterocycles. The van der Waals surface area contributed by atoms with Gasteiger partial charge in [0.05, 0.1) is 12.7 Å². The van der Waals surface area contributed by atoms with Crippen LogP contribution in [0.1, 0.15) is 19.3 Å². The first-order chi connectivity index (χ1) is 6.15. The van der Waals surface area contributed by atoms with E-state index in [0.29, 0.717) is 18.4 Å². The monoisotopic (exact) mass is 206 g/mol. The van der Waals surface area contributed by atoms with Crippen LogP contribution >= 0.6 is 0 Å². The Balaban J connectivity index is 2.76. The SMILES string of the molecule is COC(=O)C1=C(OS(=O)O)CCC1. The Kier molecular flexibility index (Phi) is 3.44. The molecule has 13 heavy (non-hydrogen) atoms. The smallest absolute Gasteiger partial charge is 0.357 e. The average Bonchev–Trinajstić information content (AvgIpc) is 2.50. The number of methoxy groups -OCH3 is 1. The Morgan fingerprint density at radius 2 is 2.23 bits per heavy atom. The molecule has 0 aromatic heterocycles. The summed E-state index contributed by atoms with van der Waals surface area (Å²) in [5.41, 5.74) is 0.366. The van der Waals surface area contributed by atoms with Gasteiger partial charge < -0.3 is 8.92 Å². The molecule has 0 amide bonds. The molecule has 0 saturated carbocycles. The van der Waals surface area contributed by atoms with E-state index in [1.54, 1.807) is 0 Å². The van der Waals surface area contributed by atoms with Gasteiger partial charge in [-0.3, -0.25) is 4.55 Å². The number of hydrogen-bond acceptors (Lipinski definition) is 4. The van der Waals surface area contributed by atoms with Crippen molar-refractivity contribution >= 4 is 17.3 Å². The summed E-state index contributed by atoms with van der Waals surface area (Å²) in [4.78, 5) is 11.1. The van der Waals surface area contributed by atoms with Crippen molar-refractivity contribution in [1.82, 2.24) is 0 Å². The van der Waals surface area contributed by atoms with Gasteiger partial charge in [-0.1, -0.05) is 0 Å². The Hall–Kier alpha value is -0.880. The lowest BCUT2D eigenvalue weighted by molar-refractivity contribution is -0.136. The second-order valence-electron chi connectivity index (χ2n) is 2.55. The lowest BCUT2D eigenvalue weighted by Gasteiger charge is -2.03. The predicted octanol–water partition coefficient (Wildman–Crippen LogP) is 0.751. The normalized spacial score (nSPS) is 18.6. The Bertz CT molecular complexity index is 270. The lowest BCUT2D eigenvalue weighted by Crippen LogP contribution is -2.06. The highest BCUT2D eigenvalue weighted by Gasteiger charge is 2.24. The molecule has 1 N–H and O–H groups in total. The molecule has 6 heteroatoms. The first-order valence-electron chi connectivity index (χ1n) is 3.74. The van der Waals surface area contributed by atoms with Crippen molar-refractivity contribution < 1.29 is 22.5 Å². The van der Waals surface area contributed by atoms with Crippen molar-refractivity contribution in [2.75, 3.05) is 7.11 Å². The van der Waals surface area contributed by atoms with E-state index in [0.717, 1.165) is 6.42 Å². The summed E-state index contributed by atoms with van der Waals surface area (Å²) in [7, 11) is 1.27. The van der Waals surface area contributed by atoms with Gasteiger partial charge in [-0.2, -0.15) is 4.21 Å². The summed E-state index contributed by atoms with van der Waals surface area (Å²) in [6.07, 6.45) is 1.80. The van der Waals surface area contributed by atoms with E-state index in [1.165, 1.54) is 7.11 Å². The van der Waals surface area contributed by atoms with E-state index in [2.05, 4.69) is 8.92 Å². The van der Waals surface area contributed by atoms with E-state index in [1.807, 2.05) is 0 Å². The Labute approximate surface area is 78.2 Å². The zero-order valence-electron chi connectivity index (χ0n) is 7.11. The van der Waals surface area contributed by atoms with Crippen molar-refractivity contribution in [1.29, 1.82) is 0 Å². The molecule has 1 unspecified atom stereocenters. The second kappa shape index (κ2) is 4.38. The molecule has 0 aromatic rings. The van der Waals surface area contributed by atoms with Crippen LogP contribution in [0.2, 0.25) is 0 Å². The largest absolute Gasteiger partial charge is 0.466 e. The maximum Gasteiger partial charge on any atom is 0.357 e. The molecule has 0 heterocycles. The number of ether oxygens (including phenoxy) is 1. The van der Waals surface area contributed by atoms with Gasteiger partial charge in [-0.25, -0.2) is 4.79 Å². The minimum Gasteiger partial charge on any atom is -0.466 e. The quantitative estimate of drug-likeness (QED) is 0.545. The molecule has 0 aromatic carbocycles. The summed E-state index contributed by atoms with van der Waals surface area (Å²) in [6.45, 7) is 0. The lowest BCUT2D eigenvalue weighted by atomic mass is 10.2. The van der Waals surface area contributed by atoms with E-state index >= 15 is 0 Å². The van der Waals surface area contributed by atoms with Gasteiger partial charge in [0.25, 0.3) is 0 Å². The molecule has 1 aliphatic rings. The zero-order chi connectivity index (χ0) is 9.84. The summed E-state index contributed by atoms with van der Waals surface area (Å²) in [5.74, 6) is -0.217. The molecular weight excluding hydrogens is 196 g/mol. The summed E-state index contributed by atoms with van der Waals surface area (Å²) < 4.78 is 27.8. The van der Waals surface area contributed by atoms with Crippen molar-refractivity contribution in [3.8, 4) is 0 Å². The van der Waals surface area contributed by atoms with Gasteiger partial charge in [0.1, 0.15) is 5.76 Å². The molecule has 1 aliphatic carbocycles. The van der Waals surface area contributed by atoms with Gasteiger partial charge in [0, 0.05) is 6.42 Å². The highest BCUT2D eigenvalue weighted by atomic mass is 32.2. The molecule has 0 bridgehead atoms. The number of esters is 1. The maximum absolute atomic E-state index is 11.1. The topological polar surface area (TPSA) is 72.8 Å². The van der Waals surface area contributed by atoms with Gasteiger partial charge in [0.15, 0.2) is 0 Å². The molecule has 74 valence electrons. The highest BCUT2D eigenvalue weighted by Crippen LogP contribution is 2.27. The molecule has 0 spiro atoms. The van der Waals surface area contributed by atoms with Crippen molar-refractivity contribution in [2.45, 2.75) is 19.3 Å². The minimum absolute atomic E-state index is 0.271. The second-order valence-corrected chi connectivity index (χ2v) is 3.15. The van der Waals surface area contributed by atoms with Crippen LogP contribution in [0.5, 0.6) is 0 Å². The van der Waals surface area contributed by atoms with Gasteiger partial charge in [-0.15, -0.1) is 0 Å². The number of carbonyl (C=O) groups excluding carboxylic acids is 1. The van der Waals surface area contributed by atoms with Gasteiger partial charge >= 0.3 is 17.3 Å². The van der Waals surface area contributed by atoms with Crippen LogP contribution in [0.4, 0.5) is 0 Å². The minimum atomic E-state index is -2.36. The maximum atomic E-state index is 11.1. The third kappa shape index (κ3) is 2.53. The molecule has 0 fully saturated rings. The molecule has 1 rings (SSSR count). The van der Waals surface area contributed by atoms with Crippen LogP contribution in [-0.2, 0) is 25.1 Å². The molecule has 0 saturated heterocycles. The summed E-state index contributed by atoms with van der Waals surface area (Å²) in [5, 5.41) is 0. The fraction of sp³-hybridized carbons (Fsp3) is 0.571. The highest BCUT2D eigenvalue weighted by molar-refractivity contribution is 7.74. The van der Waals surface area contributed by atoms with Gasteiger partial charge in [-0.05, 0) is 12.8 Å². The van der Waals surface area contributed by atoms with Crippen LogP contribution < -0.4 is 0 Å². The number of rotatable bonds is 3. The standard InChI is InChI=1S/C7H10O5S/c1-11-7(8)5-3-2-4-6(5)12-13(9)10/h2-4H2,1H3,(H,9,10). The first kappa shape index (κ1) is 10.2. The predicted molar refractivity (Wildman–Crippen MR) is 44.7 cm³/mol. The number of allylic oxidation sites excluding steroid dienone is 1. The molecule has 5 nitrogen and oxygen atoms in total. The summed E-state index contributed by atoms with van der Waals surface area (Å²) >= 11 is -2.36. The molecule has 0 radical (unpaired) electrons. The van der Waals surface area contributed by atoms with E-state index < -0.39 is 17.3 Å². The van der Waals surface area contributed by atoms with Crippen molar-refractivity contribution in [2.24, 2.45) is 0 Å². The van der Waals surface area contributed by atoms with Crippen LogP contribution in [0.15, 0.2) is 11.3 Å². The van der Waals surface area contributed by atoms with Crippen molar-refractivity contribution in [3.63, 3.8) is 0 Å². The molecule has 1 atom stereocenters. The van der Waals surface area contributed by atoms with E-state index in [9.17, 15) is 9.00 Å². The number of hydrogen-bond donors (Lipinski definition) is 1. The fourth-order valence-corrected chi connectivity index (χ4v) is 1.59. The average molecular weight is 206 g/mol. The third-order valence-electron chi connectivity index (χ3n) is 1.77. The van der Waals surface area contributed by atoms with Crippen LogP contribution in [0.25, 0.3) is 0 Å². The van der Waals surface area contributed by atoms with Crippen LogP contribution in [0, 0.1) is 0 Å². The fourth-order valence-electron chi connectivity index (χ4n) is 1.23. The van der Waals surface area contributed by atoms with Gasteiger partial charge in [0.2, 0.25) is 0 Å². The number of carbonyl (C=O) groups is 1. The molecular formula is C7H10O5S. The van der Waals surface area contributed by atoms with Crippen LogP contribution in [0.3, 0.4) is 0 Å². The summed E-state index contributed by atoms with van der Waals surface area (Å²) in [6, 6.07) is 0. The Morgan fingerprint density at radius 1 is 1.54 bits per heavy atom. The zero-order valence-corrected chi connectivity index (χ0v) is 7.93. The van der Waals surface area contributed by atoms with Crippen LogP contribution in [-0.4, -0.2) is 21.8 Å². The first-order valence-corrected chi connectivity index (χ1v) is 4.78. The Morgan fingerprint density at radius 3 is 2.77 bits per heavy atom. The van der Waals surface area contributed by atoms with E-state index in [-0.39, 0.29) is 5.76 Å². The van der Waals surface area contributed by atoms with Crippen molar-refractivity contribution in [3.05, 3.63) is 11.3 Å². The van der Waals surface area contributed by atoms with E-state index in [4.69, 9.17) is 4.55 Å².